The molecular weight excluding hydrogens is 333 g/mol. The maximum absolute atomic E-state index is 13.4. The Labute approximate surface area is 133 Å². The maximum Gasteiger partial charge on any atom is 0.123 e. The number of rotatable bonds is 5. The molecule has 2 rings (SSSR count). The van der Waals surface area contributed by atoms with Gasteiger partial charge >= 0.3 is 0 Å². The van der Waals surface area contributed by atoms with Gasteiger partial charge in [-0.15, -0.1) is 0 Å². The highest BCUT2D eigenvalue weighted by Crippen LogP contribution is 2.30. The van der Waals surface area contributed by atoms with E-state index >= 15 is 0 Å². The van der Waals surface area contributed by atoms with E-state index in [1.165, 1.54) is 11.6 Å². The van der Waals surface area contributed by atoms with Crippen LogP contribution in [0.2, 0.25) is 0 Å². The molecule has 1 unspecified atom stereocenters. The molecule has 0 saturated carbocycles. The van der Waals surface area contributed by atoms with Gasteiger partial charge in [0.05, 0.1) is 7.11 Å². The molecule has 0 fully saturated rings. The van der Waals surface area contributed by atoms with Gasteiger partial charge in [0.1, 0.15) is 11.6 Å². The van der Waals surface area contributed by atoms with Gasteiger partial charge in [-0.1, -0.05) is 33.6 Å². The SMILES string of the molecule is CNC(Cc1cc(F)ccc1Br)c1cc(C)ccc1OC. The number of nitrogens with one attached hydrogen (secondary N) is 1. The molecule has 0 heterocycles. The van der Waals surface area contributed by atoms with Gasteiger partial charge < -0.3 is 10.1 Å². The first-order valence-electron chi connectivity index (χ1n) is 6.81. The maximum atomic E-state index is 13.4. The summed E-state index contributed by atoms with van der Waals surface area (Å²) in [5.74, 6) is 0.617. The molecule has 0 saturated heterocycles. The summed E-state index contributed by atoms with van der Waals surface area (Å²) >= 11 is 3.49. The van der Waals surface area contributed by atoms with Crippen LogP contribution in [-0.4, -0.2) is 14.2 Å². The lowest BCUT2D eigenvalue weighted by Gasteiger charge is -2.21. The van der Waals surface area contributed by atoms with Crippen LogP contribution in [0.15, 0.2) is 40.9 Å². The van der Waals surface area contributed by atoms with Crippen molar-refractivity contribution < 1.29 is 9.13 Å². The molecule has 0 aromatic heterocycles. The van der Waals surface area contributed by atoms with Crippen LogP contribution in [0.25, 0.3) is 0 Å². The minimum atomic E-state index is -0.223. The summed E-state index contributed by atoms with van der Waals surface area (Å²) in [5, 5.41) is 3.29. The van der Waals surface area contributed by atoms with E-state index in [4.69, 9.17) is 4.74 Å². The van der Waals surface area contributed by atoms with Crippen molar-refractivity contribution in [3.05, 3.63) is 63.4 Å². The Morgan fingerprint density at radius 3 is 2.67 bits per heavy atom. The van der Waals surface area contributed by atoms with Crippen LogP contribution < -0.4 is 10.1 Å². The molecule has 112 valence electrons. The summed E-state index contributed by atoms with van der Waals surface area (Å²) in [6.07, 6.45) is 0.675. The van der Waals surface area contributed by atoms with E-state index in [1.54, 1.807) is 19.2 Å². The van der Waals surface area contributed by atoms with E-state index in [-0.39, 0.29) is 11.9 Å². The van der Waals surface area contributed by atoms with E-state index in [0.29, 0.717) is 6.42 Å². The first kappa shape index (κ1) is 16.0. The van der Waals surface area contributed by atoms with E-state index in [2.05, 4.69) is 27.3 Å². The van der Waals surface area contributed by atoms with Gasteiger partial charge in [0.2, 0.25) is 0 Å². The Morgan fingerprint density at radius 1 is 1.24 bits per heavy atom. The largest absolute Gasteiger partial charge is 0.496 e. The Balaban J connectivity index is 2.36. The summed E-state index contributed by atoms with van der Waals surface area (Å²) in [5.41, 5.74) is 3.18. The van der Waals surface area contributed by atoms with Gasteiger partial charge in [-0.05, 0) is 50.2 Å². The quantitative estimate of drug-likeness (QED) is 0.861. The van der Waals surface area contributed by atoms with Crippen molar-refractivity contribution in [1.29, 1.82) is 0 Å². The Kier molecular flexibility index (Phi) is 5.37. The minimum absolute atomic E-state index is 0.0537. The third-order valence-corrected chi connectivity index (χ3v) is 4.31. The first-order valence-corrected chi connectivity index (χ1v) is 7.60. The molecule has 2 nitrogen and oxygen atoms in total. The normalized spacial score (nSPS) is 12.2. The number of methoxy groups -OCH3 is 1. The van der Waals surface area contributed by atoms with Crippen molar-refractivity contribution in [3.63, 3.8) is 0 Å². The standard InChI is InChI=1S/C17H19BrFNO/c1-11-4-7-17(21-3)14(8-11)16(20-2)10-12-9-13(19)5-6-15(12)18/h4-9,16,20H,10H2,1-3H3. The average Bonchev–Trinajstić information content (AvgIpc) is 2.48. The molecule has 0 amide bonds. The number of aryl methyl sites for hydroxylation is 1. The third kappa shape index (κ3) is 3.83. The molecule has 2 aromatic rings. The lowest BCUT2D eigenvalue weighted by atomic mass is 9.96. The molecule has 21 heavy (non-hydrogen) atoms. The Bertz CT molecular complexity index is 630. The van der Waals surface area contributed by atoms with Crippen molar-refractivity contribution >= 4 is 15.9 Å². The number of likely N-dealkylation sites (N-methyl/N-ethyl adjacent to an activating group) is 1. The number of hydrogen-bond acceptors (Lipinski definition) is 2. The summed E-state index contributed by atoms with van der Waals surface area (Å²) < 4.78 is 19.8. The summed E-state index contributed by atoms with van der Waals surface area (Å²) in [7, 11) is 3.57. The lowest BCUT2D eigenvalue weighted by Crippen LogP contribution is -2.20. The molecule has 2 aromatic carbocycles. The first-order chi connectivity index (χ1) is 10.0. The van der Waals surface area contributed by atoms with Gasteiger partial charge in [-0.2, -0.15) is 0 Å². The fraction of sp³-hybridized carbons (Fsp3) is 0.294. The van der Waals surface area contributed by atoms with E-state index < -0.39 is 0 Å². The number of hydrogen-bond donors (Lipinski definition) is 1. The van der Waals surface area contributed by atoms with Gasteiger partial charge in [0.25, 0.3) is 0 Å². The molecule has 1 atom stereocenters. The highest BCUT2D eigenvalue weighted by molar-refractivity contribution is 9.10. The highest BCUT2D eigenvalue weighted by atomic mass is 79.9. The zero-order valence-corrected chi connectivity index (χ0v) is 14.0. The van der Waals surface area contributed by atoms with Gasteiger partial charge in [-0.3, -0.25) is 0 Å². The lowest BCUT2D eigenvalue weighted by molar-refractivity contribution is 0.401. The average molecular weight is 352 g/mol. The van der Waals surface area contributed by atoms with Gasteiger partial charge in [0.15, 0.2) is 0 Å². The van der Waals surface area contributed by atoms with Crippen LogP contribution in [0, 0.1) is 12.7 Å². The zero-order valence-electron chi connectivity index (χ0n) is 12.4. The zero-order chi connectivity index (χ0) is 15.4. The van der Waals surface area contributed by atoms with E-state index in [9.17, 15) is 4.39 Å². The second-order valence-electron chi connectivity index (χ2n) is 5.03. The van der Waals surface area contributed by atoms with Gasteiger partial charge in [0, 0.05) is 16.1 Å². The second-order valence-corrected chi connectivity index (χ2v) is 5.88. The molecule has 1 N–H and O–H groups in total. The van der Waals surface area contributed by atoms with Crippen LogP contribution >= 0.6 is 15.9 Å². The van der Waals surface area contributed by atoms with E-state index in [1.807, 2.05) is 26.1 Å². The van der Waals surface area contributed by atoms with Crippen molar-refractivity contribution in [1.82, 2.24) is 5.32 Å². The van der Waals surface area contributed by atoms with Crippen LogP contribution in [0.1, 0.15) is 22.7 Å². The summed E-state index contributed by atoms with van der Waals surface area (Å²) in [6.45, 7) is 2.05. The minimum Gasteiger partial charge on any atom is -0.496 e. The molecule has 0 aliphatic carbocycles. The monoisotopic (exact) mass is 351 g/mol. The van der Waals surface area contributed by atoms with Crippen molar-refractivity contribution in [3.8, 4) is 5.75 Å². The number of ether oxygens (including phenoxy) is 1. The fourth-order valence-corrected chi connectivity index (χ4v) is 2.82. The Morgan fingerprint density at radius 2 is 2.00 bits per heavy atom. The molecular formula is C17H19BrFNO. The van der Waals surface area contributed by atoms with Crippen molar-refractivity contribution in [2.24, 2.45) is 0 Å². The molecule has 0 aliphatic heterocycles. The van der Waals surface area contributed by atoms with Crippen LogP contribution in [0.3, 0.4) is 0 Å². The fourth-order valence-electron chi connectivity index (χ4n) is 2.41. The van der Waals surface area contributed by atoms with Crippen LogP contribution in [0.4, 0.5) is 4.39 Å². The smallest absolute Gasteiger partial charge is 0.123 e. The molecule has 0 bridgehead atoms. The summed E-state index contributed by atoms with van der Waals surface area (Å²) in [6, 6.07) is 10.9. The molecule has 0 aliphatic rings. The summed E-state index contributed by atoms with van der Waals surface area (Å²) in [4.78, 5) is 0. The topological polar surface area (TPSA) is 21.3 Å². The second kappa shape index (κ2) is 7.05. The third-order valence-electron chi connectivity index (χ3n) is 3.54. The molecule has 0 radical (unpaired) electrons. The predicted octanol–water partition coefficient (Wildman–Crippen LogP) is 4.41. The van der Waals surface area contributed by atoms with Crippen molar-refractivity contribution in [2.75, 3.05) is 14.2 Å². The van der Waals surface area contributed by atoms with Gasteiger partial charge in [-0.25, -0.2) is 4.39 Å². The number of benzene rings is 2. The predicted molar refractivity (Wildman–Crippen MR) is 87.3 cm³/mol. The molecule has 0 spiro atoms. The number of halogens is 2. The van der Waals surface area contributed by atoms with Crippen molar-refractivity contribution in [2.45, 2.75) is 19.4 Å². The Hall–Kier alpha value is -1.39. The van der Waals surface area contributed by atoms with Crippen LogP contribution in [0.5, 0.6) is 5.75 Å². The van der Waals surface area contributed by atoms with E-state index in [0.717, 1.165) is 21.3 Å². The molecule has 4 heteroatoms. The van der Waals surface area contributed by atoms with Crippen LogP contribution in [-0.2, 0) is 6.42 Å². The highest BCUT2D eigenvalue weighted by Gasteiger charge is 2.17.